The van der Waals surface area contributed by atoms with Crippen LogP contribution in [-0.2, 0) is 11.2 Å². The van der Waals surface area contributed by atoms with Crippen molar-refractivity contribution in [2.45, 2.75) is 12.8 Å². The summed E-state index contributed by atoms with van der Waals surface area (Å²) in [6.07, 6.45) is 0.888. The third kappa shape index (κ3) is 5.24. The molecule has 1 fully saturated rings. The third-order valence-electron chi connectivity index (χ3n) is 3.92. The molecule has 0 aliphatic carbocycles. The molecule has 1 saturated heterocycles. The Bertz CT molecular complexity index is 576. The highest BCUT2D eigenvalue weighted by atomic mass is 19.1. The number of ether oxygens (including phenoxy) is 1. The highest BCUT2D eigenvalue weighted by Crippen LogP contribution is 2.20. The summed E-state index contributed by atoms with van der Waals surface area (Å²) in [5, 5.41) is 13.6. The van der Waals surface area contributed by atoms with Crippen LogP contribution < -0.4 is 5.32 Å². The molecule has 7 nitrogen and oxygen atoms in total. The fraction of sp³-hybridized carbons (Fsp3) is 0.562. The predicted molar refractivity (Wildman–Crippen MR) is 87.0 cm³/mol. The monoisotopic (exact) mass is 339 g/mol. The average Bonchev–Trinajstić information content (AvgIpc) is 2.60. The molecule has 132 valence electrons. The second-order valence-corrected chi connectivity index (χ2v) is 5.61. The maximum Gasteiger partial charge on any atom is 0.282 e. The highest BCUT2D eigenvalue weighted by Gasteiger charge is 2.20. The van der Waals surface area contributed by atoms with Crippen molar-refractivity contribution in [3.8, 4) is 0 Å². The van der Waals surface area contributed by atoms with Crippen LogP contribution in [0, 0.1) is 10.1 Å². The molecule has 0 radical (unpaired) electrons. The zero-order valence-electron chi connectivity index (χ0n) is 13.5. The van der Waals surface area contributed by atoms with Crippen LogP contribution in [0.3, 0.4) is 0 Å². The molecule has 1 heterocycles. The lowest BCUT2D eigenvalue weighted by atomic mass is 10.0. The van der Waals surface area contributed by atoms with Crippen molar-refractivity contribution < 1.29 is 18.8 Å². The Balaban J connectivity index is 2.05. The Morgan fingerprint density at radius 2 is 2.12 bits per heavy atom. The molecular formula is C16H22FN3O4. The number of amides is 1. The van der Waals surface area contributed by atoms with E-state index in [-0.39, 0.29) is 24.2 Å². The molecule has 8 heteroatoms. The number of rotatable bonds is 8. The zero-order chi connectivity index (χ0) is 17.4. The summed E-state index contributed by atoms with van der Waals surface area (Å²) in [6, 6.07) is 4.60. The van der Waals surface area contributed by atoms with Crippen LogP contribution in [-0.4, -0.2) is 61.8 Å². The van der Waals surface area contributed by atoms with Crippen LogP contribution in [0.4, 0.5) is 10.1 Å². The first-order valence-corrected chi connectivity index (χ1v) is 8.03. The van der Waals surface area contributed by atoms with Crippen molar-refractivity contribution in [3.05, 3.63) is 39.4 Å². The lowest BCUT2D eigenvalue weighted by molar-refractivity contribution is -0.385. The van der Waals surface area contributed by atoms with E-state index in [0.717, 1.165) is 25.2 Å². The second kappa shape index (κ2) is 9.29. The summed E-state index contributed by atoms with van der Waals surface area (Å²) in [6.45, 7) is 3.58. The Labute approximate surface area is 139 Å². The predicted octanol–water partition coefficient (Wildman–Crippen LogP) is 1.56. The summed E-state index contributed by atoms with van der Waals surface area (Å²) >= 11 is 0. The minimum Gasteiger partial charge on any atom is -0.379 e. The SMILES string of the molecule is O=C(NCCCF)c1cc(CCN2CCOCC2)ccc1[N+](=O)[O-]. The van der Waals surface area contributed by atoms with Crippen molar-refractivity contribution in [3.63, 3.8) is 0 Å². The number of carbonyl (C=O) groups is 1. The maximum atomic E-state index is 12.1. The van der Waals surface area contributed by atoms with E-state index in [9.17, 15) is 19.3 Å². The van der Waals surface area contributed by atoms with Gasteiger partial charge in [-0.25, -0.2) is 0 Å². The van der Waals surface area contributed by atoms with Gasteiger partial charge in [0.15, 0.2) is 0 Å². The van der Waals surface area contributed by atoms with E-state index in [1.54, 1.807) is 12.1 Å². The van der Waals surface area contributed by atoms with E-state index < -0.39 is 17.5 Å². The van der Waals surface area contributed by atoms with Crippen LogP contribution in [0.5, 0.6) is 0 Å². The molecule has 24 heavy (non-hydrogen) atoms. The van der Waals surface area contributed by atoms with Gasteiger partial charge in [-0.1, -0.05) is 6.07 Å². The number of nitrogens with zero attached hydrogens (tertiary/aromatic N) is 2. The highest BCUT2D eigenvalue weighted by molar-refractivity contribution is 5.98. The van der Waals surface area contributed by atoms with E-state index >= 15 is 0 Å². The van der Waals surface area contributed by atoms with Crippen molar-refractivity contribution in [1.82, 2.24) is 10.2 Å². The molecule has 1 N–H and O–H groups in total. The maximum absolute atomic E-state index is 12.1. The fourth-order valence-electron chi connectivity index (χ4n) is 2.56. The van der Waals surface area contributed by atoms with Crippen LogP contribution in [0.2, 0.25) is 0 Å². The van der Waals surface area contributed by atoms with Crippen molar-refractivity contribution in [1.29, 1.82) is 0 Å². The lowest BCUT2D eigenvalue weighted by Crippen LogP contribution is -2.37. The van der Waals surface area contributed by atoms with E-state index in [1.807, 2.05) is 0 Å². The Hall–Kier alpha value is -2.06. The molecule has 0 aromatic heterocycles. The van der Waals surface area contributed by atoms with Crippen molar-refractivity contribution >= 4 is 11.6 Å². The van der Waals surface area contributed by atoms with Crippen LogP contribution in [0.25, 0.3) is 0 Å². The topological polar surface area (TPSA) is 84.7 Å². The molecule has 1 aliphatic rings. The molecule has 2 rings (SSSR count). The molecule has 1 aromatic carbocycles. The number of carbonyl (C=O) groups excluding carboxylic acids is 1. The largest absolute Gasteiger partial charge is 0.379 e. The Kier molecular flexibility index (Phi) is 7.07. The summed E-state index contributed by atoms with van der Waals surface area (Å²) in [5.41, 5.74) is 0.656. The molecular weight excluding hydrogens is 317 g/mol. The van der Waals surface area contributed by atoms with Gasteiger partial charge >= 0.3 is 0 Å². The fourth-order valence-corrected chi connectivity index (χ4v) is 2.56. The summed E-state index contributed by atoms with van der Waals surface area (Å²) < 4.78 is 17.4. The van der Waals surface area contributed by atoms with Crippen molar-refractivity contribution in [2.24, 2.45) is 0 Å². The third-order valence-corrected chi connectivity index (χ3v) is 3.92. The number of nitro benzene ring substituents is 1. The minimum absolute atomic E-state index is 0.0262. The molecule has 0 saturated carbocycles. The van der Waals surface area contributed by atoms with E-state index in [0.29, 0.717) is 19.6 Å². The quantitative estimate of drug-likeness (QED) is 0.441. The Morgan fingerprint density at radius 1 is 1.38 bits per heavy atom. The molecule has 0 spiro atoms. The van der Waals surface area contributed by atoms with Gasteiger partial charge in [0.25, 0.3) is 11.6 Å². The standard InChI is InChI=1S/C16H22FN3O4/c17-5-1-6-18-16(21)14-12-13(2-3-15(14)20(22)23)4-7-19-8-10-24-11-9-19/h2-3,12H,1,4-11H2,(H,18,21). The first-order chi connectivity index (χ1) is 11.6. The molecule has 0 bridgehead atoms. The molecule has 1 amide bonds. The number of nitrogens with one attached hydrogen (secondary N) is 1. The number of halogens is 1. The summed E-state index contributed by atoms with van der Waals surface area (Å²) in [4.78, 5) is 24.9. The van der Waals surface area contributed by atoms with Gasteiger partial charge in [0, 0.05) is 32.2 Å². The number of nitro groups is 1. The van der Waals surface area contributed by atoms with Crippen LogP contribution >= 0.6 is 0 Å². The first kappa shape index (κ1) is 18.3. The van der Waals surface area contributed by atoms with Crippen molar-refractivity contribution in [2.75, 3.05) is 46.1 Å². The van der Waals surface area contributed by atoms with Gasteiger partial charge in [-0.05, 0) is 24.5 Å². The zero-order valence-corrected chi connectivity index (χ0v) is 13.5. The van der Waals surface area contributed by atoms with Gasteiger partial charge in [-0.2, -0.15) is 0 Å². The van der Waals surface area contributed by atoms with Gasteiger partial charge < -0.3 is 10.1 Å². The number of morpholine rings is 1. The smallest absolute Gasteiger partial charge is 0.282 e. The van der Waals surface area contributed by atoms with E-state index in [4.69, 9.17) is 4.74 Å². The van der Waals surface area contributed by atoms with Gasteiger partial charge in [-0.15, -0.1) is 0 Å². The number of benzene rings is 1. The lowest BCUT2D eigenvalue weighted by Gasteiger charge is -2.26. The first-order valence-electron chi connectivity index (χ1n) is 8.03. The summed E-state index contributed by atoms with van der Waals surface area (Å²) in [5.74, 6) is -0.539. The van der Waals surface area contributed by atoms with Gasteiger partial charge in [0.1, 0.15) is 5.56 Å². The van der Waals surface area contributed by atoms with Crippen LogP contribution in [0.1, 0.15) is 22.3 Å². The van der Waals surface area contributed by atoms with Gasteiger partial charge in [0.2, 0.25) is 0 Å². The number of hydrogen-bond donors (Lipinski definition) is 1. The molecule has 0 atom stereocenters. The number of alkyl halides is 1. The van der Waals surface area contributed by atoms with E-state index in [2.05, 4.69) is 10.2 Å². The van der Waals surface area contributed by atoms with E-state index in [1.165, 1.54) is 6.07 Å². The second-order valence-electron chi connectivity index (χ2n) is 5.61. The Morgan fingerprint density at radius 3 is 2.79 bits per heavy atom. The van der Waals surface area contributed by atoms with Gasteiger partial charge in [0.05, 0.1) is 24.8 Å². The molecule has 0 unspecified atom stereocenters. The average molecular weight is 339 g/mol. The van der Waals surface area contributed by atoms with Gasteiger partial charge in [-0.3, -0.25) is 24.2 Å². The minimum atomic E-state index is -0.574. The normalized spacial score (nSPS) is 15.2. The number of hydrogen-bond acceptors (Lipinski definition) is 5. The molecule has 1 aliphatic heterocycles. The summed E-state index contributed by atoms with van der Waals surface area (Å²) in [7, 11) is 0. The van der Waals surface area contributed by atoms with Crippen LogP contribution in [0.15, 0.2) is 18.2 Å². The molecule has 1 aromatic rings.